The number of benzene rings is 2. The highest BCUT2D eigenvalue weighted by molar-refractivity contribution is 9.11. The van der Waals surface area contributed by atoms with Gasteiger partial charge < -0.3 is 14.8 Å². The number of nitrogens with one attached hydrogen (secondary N) is 1. The molecule has 1 N–H and O–H groups in total. The molecular formula is C22H20Br2N2O5S. The van der Waals surface area contributed by atoms with Crippen LogP contribution in [0.1, 0.15) is 19.4 Å². The maximum atomic E-state index is 12.7. The smallest absolute Gasteiger partial charge is 0.294 e. The molecule has 1 aliphatic rings. The molecule has 0 aromatic heterocycles. The number of hydrogen-bond acceptors (Lipinski definition) is 6. The molecule has 3 amide bonds. The van der Waals surface area contributed by atoms with Gasteiger partial charge in [0.1, 0.15) is 18.0 Å². The quantitative estimate of drug-likeness (QED) is 0.402. The first-order valence-corrected chi connectivity index (χ1v) is 12.1. The van der Waals surface area contributed by atoms with Gasteiger partial charge in [-0.3, -0.25) is 19.3 Å². The Balaban J connectivity index is 1.68. The maximum absolute atomic E-state index is 12.7. The van der Waals surface area contributed by atoms with E-state index in [-0.39, 0.29) is 11.4 Å². The number of halogens is 2. The number of rotatable bonds is 8. The fourth-order valence-corrected chi connectivity index (χ4v) is 5.17. The number of nitrogens with zero attached hydrogens (tertiary/aromatic N) is 1. The van der Waals surface area contributed by atoms with Crippen LogP contribution >= 0.6 is 43.6 Å². The second-order valence-corrected chi connectivity index (χ2v) is 9.22. The average Bonchev–Trinajstić information content (AvgIpc) is 2.99. The van der Waals surface area contributed by atoms with Crippen LogP contribution in [0.5, 0.6) is 11.5 Å². The number of carbonyl (C=O) groups is 3. The van der Waals surface area contributed by atoms with Crippen molar-refractivity contribution in [3.05, 3.63) is 55.8 Å². The minimum Gasteiger partial charge on any atom is -0.494 e. The summed E-state index contributed by atoms with van der Waals surface area (Å²) in [6.45, 7) is 4.45. The van der Waals surface area contributed by atoms with Gasteiger partial charge in [-0.1, -0.05) is 0 Å². The summed E-state index contributed by atoms with van der Waals surface area (Å²) in [5.74, 6) is 0.366. The highest BCUT2D eigenvalue weighted by atomic mass is 79.9. The van der Waals surface area contributed by atoms with Crippen molar-refractivity contribution in [3.63, 3.8) is 0 Å². The van der Waals surface area contributed by atoms with Gasteiger partial charge >= 0.3 is 0 Å². The molecule has 0 saturated carbocycles. The van der Waals surface area contributed by atoms with Gasteiger partial charge in [0.25, 0.3) is 11.1 Å². The Hall–Kier alpha value is -2.30. The molecule has 7 nitrogen and oxygen atoms in total. The standard InChI is InChI=1S/C22H20Br2N2O5S/c1-3-30-15-7-5-14(6-8-15)25-19(27)12-26-21(28)18(32-22(26)29)11-13-9-16(23)20(31-4-2)17(24)10-13/h5-11H,3-4,12H2,1-2H3,(H,25,27)/b18-11+. The molecule has 0 radical (unpaired) electrons. The van der Waals surface area contributed by atoms with Gasteiger partial charge in [-0.15, -0.1) is 0 Å². The lowest BCUT2D eigenvalue weighted by Crippen LogP contribution is -2.36. The summed E-state index contributed by atoms with van der Waals surface area (Å²) in [6, 6.07) is 10.4. The second-order valence-electron chi connectivity index (χ2n) is 6.52. The van der Waals surface area contributed by atoms with E-state index in [9.17, 15) is 14.4 Å². The minimum absolute atomic E-state index is 0.242. The highest BCUT2D eigenvalue weighted by Crippen LogP contribution is 2.37. The van der Waals surface area contributed by atoms with E-state index in [2.05, 4.69) is 37.2 Å². The summed E-state index contributed by atoms with van der Waals surface area (Å²) < 4.78 is 12.4. The summed E-state index contributed by atoms with van der Waals surface area (Å²) >= 11 is 7.70. The molecule has 32 heavy (non-hydrogen) atoms. The van der Waals surface area contributed by atoms with Gasteiger partial charge in [0.05, 0.1) is 27.1 Å². The van der Waals surface area contributed by atoms with Gasteiger partial charge in [-0.05, 0) is 106 Å². The molecule has 0 spiro atoms. The number of imide groups is 1. The van der Waals surface area contributed by atoms with Gasteiger partial charge in [0.2, 0.25) is 5.91 Å². The lowest BCUT2D eigenvalue weighted by Gasteiger charge is -2.13. The molecule has 1 aliphatic heterocycles. The van der Waals surface area contributed by atoms with Crippen LogP contribution in [0.4, 0.5) is 10.5 Å². The highest BCUT2D eigenvalue weighted by Gasteiger charge is 2.36. The fourth-order valence-electron chi connectivity index (χ4n) is 2.88. The Morgan fingerprint density at radius 1 is 1.06 bits per heavy atom. The molecule has 2 aromatic rings. The summed E-state index contributed by atoms with van der Waals surface area (Å²) in [5, 5.41) is 2.19. The van der Waals surface area contributed by atoms with Crippen LogP contribution in [0.15, 0.2) is 50.2 Å². The van der Waals surface area contributed by atoms with Gasteiger partial charge in [0.15, 0.2) is 0 Å². The molecular weight excluding hydrogens is 564 g/mol. The van der Waals surface area contributed by atoms with Crippen molar-refractivity contribution in [1.29, 1.82) is 0 Å². The van der Waals surface area contributed by atoms with E-state index < -0.39 is 17.1 Å². The minimum atomic E-state index is -0.511. The van der Waals surface area contributed by atoms with Crippen LogP contribution in [-0.4, -0.2) is 41.7 Å². The third kappa shape index (κ3) is 5.93. The van der Waals surface area contributed by atoms with Crippen LogP contribution in [0.2, 0.25) is 0 Å². The number of anilines is 1. The SMILES string of the molecule is CCOc1ccc(NC(=O)CN2C(=O)S/C(=C/c3cc(Br)c(OCC)c(Br)c3)C2=O)cc1. The summed E-state index contributed by atoms with van der Waals surface area (Å²) in [6.07, 6.45) is 1.61. The van der Waals surface area contributed by atoms with E-state index in [0.29, 0.717) is 44.9 Å². The Labute approximate surface area is 206 Å². The normalized spacial score (nSPS) is 14.8. The molecule has 2 aromatic carbocycles. The second kappa shape index (κ2) is 11.0. The Morgan fingerprint density at radius 3 is 2.28 bits per heavy atom. The first-order chi connectivity index (χ1) is 15.3. The Bertz CT molecular complexity index is 1050. The predicted molar refractivity (Wildman–Crippen MR) is 132 cm³/mol. The van der Waals surface area contributed by atoms with E-state index in [4.69, 9.17) is 9.47 Å². The molecule has 3 rings (SSSR count). The van der Waals surface area contributed by atoms with Gasteiger partial charge in [-0.25, -0.2) is 0 Å². The number of ether oxygens (including phenoxy) is 2. The molecule has 10 heteroatoms. The topological polar surface area (TPSA) is 84.9 Å². The van der Waals surface area contributed by atoms with Crippen molar-refractivity contribution in [2.45, 2.75) is 13.8 Å². The monoisotopic (exact) mass is 582 g/mol. The van der Waals surface area contributed by atoms with Gasteiger partial charge in [0, 0.05) is 5.69 Å². The maximum Gasteiger partial charge on any atom is 0.294 e. The molecule has 0 unspecified atom stereocenters. The van der Waals surface area contributed by atoms with Crippen LogP contribution < -0.4 is 14.8 Å². The van der Waals surface area contributed by atoms with Crippen molar-refractivity contribution < 1.29 is 23.9 Å². The molecule has 0 aliphatic carbocycles. The first-order valence-electron chi connectivity index (χ1n) is 9.72. The zero-order chi connectivity index (χ0) is 23.3. The Kier molecular flexibility index (Phi) is 8.38. The van der Waals surface area contributed by atoms with E-state index >= 15 is 0 Å². The molecule has 1 saturated heterocycles. The lowest BCUT2D eigenvalue weighted by atomic mass is 10.2. The van der Waals surface area contributed by atoms with E-state index in [1.54, 1.807) is 42.5 Å². The van der Waals surface area contributed by atoms with Crippen LogP contribution in [-0.2, 0) is 9.59 Å². The van der Waals surface area contributed by atoms with E-state index in [0.717, 1.165) is 16.7 Å². The summed E-state index contributed by atoms with van der Waals surface area (Å²) in [5.41, 5.74) is 1.25. The number of amides is 3. The third-order valence-corrected chi connectivity index (χ3v) is 6.32. The summed E-state index contributed by atoms with van der Waals surface area (Å²) in [4.78, 5) is 38.6. The zero-order valence-corrected chi connectivity index (χ0v) is 21.3. The number of carbonyl (C=O) groups excluding carboxylic acids is 3. The first kappa shape index (κ1) is 24.3. The number of hydrogen-bond donors (Lipinski definition) is 1. The average molecular weight is 584 g/mol. The largest absolute Gasteiger partial charge is 0.494 e. The molecule has 1 heterocycles. The Morgan fingerprint density at radius 2 is 1.69 bits per heavy atom. The van der Waals surface area contributed by atoms with E-state index in [1.807, 2.05) is 13.8 Å². The summed E-state index contributed by atoms with van der Waals surface area (Å²) in [7, 11) is 0. The van der Waals surface area contributed by atoms with Crippen molar-refractivity contribution in [2.24, 2.45) is 0 Å². The number of thioether (sulfide) groups is 1. The third-order valence-electron chi connectivity index (χ3n) is 4.23. The fraction of sp³-hybridized carbons (Fsp3) is 0.227. The zero-order valence-electron chi connectivity index (χ0n) is 17.3. The van der Waals surface area contributed by atoms with Gasteiger partial charge in [-0.2, -0.15) is 0 Å². The predicted octanol–water partition coefficient (Wildman–Crippen LogP) is 5.68. The van der Waals surface area contributed by atoms with Crippen molar-refractivity contribution in [3.8, 4) is 11.5 Å². The lowest BCUT2D eigenvalue weighted by molar-refractivity contribution is -0.127. The van der Waals surface area contributed by atoms with Crippen molar-refractivity contribution in [2.75, 3.05) is 25.1 Å². The van der Waals surface area contributed by atoms with Crippen LogP contribution in [0.3, 0.4) is 0 Å². The van der Waals surface area contributed by atoms with Crippen molar-refractivity contribution >= 4 is 72.4 Å². The van der Waals surface area contributed by atoms with Crippen LogP contribution in [0.25, 0.3) is 6.08 Å². The molecule has 1 fully saturated rings. The van der Waals surface area contributed by atoms with Crippen LogP contribution in [0, 0.1) is 0 Å². The molecule has 168 valence electrons. The van der Waals surface area contributed by atoms with Crippen molar-refractivity contribution in [1.82, 2.24) is 4.90 Å². The molecule has 0 atom stereocenters. The van der Waals surface area contributed by atoms with E-state index in [1.165, 1.54) is 0 Å². The molecule has 0 bridgehead atoms.